The molecular weight excluding hydrogens is 278 g/mol. The van der Waals surface area contributed by atoms with Gasteiger partial charge in [0.2, 0.25) is 0 Å². The van der Waals surface area contributed by atoms with Gasteiger partial charge in [0.15, 0.2) is 0 Å². The molecule has 1 aliphatic carbocycles. The van der Waals surface area contributed by atoms with Crippen LogP contribution in [0.1, 0.15) is 71.4 Å². The second-order valence-electron chi connectivity index (χ2n) is 7.33. The molecule has 2 rings (SSSR count). The molecule has 118 valence electrons. The van der Waals surface area contributed by atoms with E-state index in [9.17, 15) is 0 Å². The quantitative estimate of drug-likeness (QED) is 0.705. The van der Waals surface area contributed by atoms with Crippen LogP contribution in [-0.4, -0.2) is 6.04 Å². The van der Waals surface area contributed by atoms with E-state index in [0.29, 0.717) is 17.5 Å². The van der Waals surface area contributed by atoms with Gasteiger partial charge in [-0.3, -0.25) is 0 Å². The normalized spacial score (nSPS) is 24.8. The zero-order valence-corrected chi connectivity index (χ0v) is 14.7. The molecule has 2 heteroatoms. The molecule has 1 aliphatic rings. The van der Waals surface area contributed by atoms with Crippen LogP contribution in [0, 0.1) is 11.3 Å². The van der Waals surface area contributed by atoms with Gasteiger partial charge < -0.3 is 5.32 Å². The zero-order chi connectivity index (χ0) is 15.5. The Morgan fingerprint density at radius 2 is 1.71 bits per heavy atom. The SMILES string of the molecule is CCC(C)(C)C1CCC(NC(C)c2ccc(Cl)cc2)CC1. The van der Waals surface area contributed by atoms with E-state index < -0.39 is 0 Å². The van der Waals surface area contributed by atoms with Gasteiger partial charge in [0.05, 0.1) is 0 Å². The second-order valence-corrected chi connectivity index (χ2v) is 7.77. The summed E-state index contributed by atoms with van der Waals surface area (Å²) in [4.78, 5) is 0. The standard InChI is InChI=1S/C19H30ClN/c1-5-19(3,4)16-8-12-18(13-9-16)21-14(2)15-6-10-17(20)11-7-15/h6-7,10-11,14,16,18,21H,5,8-9,12-13H2,1-4H3. The maximum absolute atomic E-state index is 5.96. The minimum atomic E-state index is 0.406. The molecule has 0 bridgehead atoms. The molecule has 1 fully saturated rings. The third-order valence-corrected chi connectivity index (χ3v) is 5.85. The van der Waals surface area contributed by atoms with Crippen LogP contribution in [0.4, 0.5) is 0 Å². The molecule has 1 unspecified atom stereocenters. The molecule has 1 aromatic carbocycles. The summed E-state index contributed by atoms with van der Waals surface area (Å²) < 4.78 is 0. The average Bonchev–Trinajstić information content (AvgIpc) is 2.48. The van der Waals surface area contributed by atoms with Gasteiger partial charge in [-0.1, -0.05) is 50.9 Å². The van der Waals surface area contributed by atoms with Crippen molar-refractivity contribution in [1.82, 2.24) is 5.32 Å². The third kappa shape index (κ3) is 4.47. The molecule has 0 saturated heterocycles. The zero-order valence-electron chi connectivity index (χ0n) is 14.0. The van der Waals surface area contributed by atoms with Crippen LogP contribution in [0.5, 0.6) is 0 Å². The molecule has 1 atom stereocenters. The van der Waals surface area contributed by atoms with Crippen LogP contribution in [-0.2, 0) is 0 Å². The summed E-state index contributed by atoms with van der Waals surface area (Å²) in [5.41, 5.74) is 1.84. The molecule has 1 aromatic rings. The van der Waals surface area contributed by atoms with E-state index >= 15 is 0 Å². The highest BCUT2D eigenvalue weighted by molar-refractivity contribution is 6.30. The van der Waals surface area contributed by atoms with Crippen LogP contribution < -0.4 is 5.32 Å². The third-order valence-electron chi connectivity index (χ3n) is 5.60. The molecule has 0 radical (unpaired) electrons. The number of rotatable bonds is 5. The van der Waals surface area contributed by atoms with Crippen molar-refractivity contribution in [2.24, 2.45) is 11.3 Å². The van der Waals surface area contributed by atoms with E-state index in [1.54, 1.807) is 0 Å². The number of hydrogen-bond acceptors (Lipinski definition) is 1. The first kappa shape index (κ1) is 16.8. The van der Waals surface area contributed by atoms with Crippen molar-refractivity contribution < 1.29 is 0 Å². The Kier molecular flexibility index (Phi) is 5.73. The van der Waals surface area contributed by atoms with Crippen molar-refractivity contribution in [1.29, 1.82) is 0 Å². The fraction of sp³-hybridized carbons (Fsp3) is 0.684. The molecular formula is C19H30ClN. The molecule has 0 aromatic heterocycles. The van der Waals surface area contributed by atoms with Gasteiger partial charge >= 0.3 is 0 Å². The van der Waals surface area contributed by atoms with Crippen LogP contribution in [0.2, 0.25) is 5.02 Å². The molecule has 1 nitrogen and oxygen atoms in total. The summed E-state index contributed by atoms with van der Waals surface area (Å²) in [6, 6.07) is 9.30. The van der Waals surface area contributed by atoms with Gasteiger partial charge in [0.25, 0.3) is 0 Å². The summed E-state index contributed by atoms with van der Waals surface area (Å²) in [5.74, 6) is 0.895. The van der Waals surface area contributed by atoms with E-state index in [4.69, 9.17) is 11.6 Å². The van der Waals surface area contributed by atoms with Crippen molar-refractivity contribution in [3.05, 3.63) is 34.9 Å². The van der Waals surface area contributed by atoms with E-state index in [2.05, 4.69) is 45.1 Å². The van der Waals surface area contributed by atoms with Gasteiger partial charge in [-0.15, -0.1) is 0 Å². The Morgan fingerprint density at radius 3 is 2.24 bits per heavy atom. The molecule has 0 heterocycles. The Morgan fingerprint density at radius 1 is 1.14 bits per heavy atom. The maximum atomic E-state index is 5.96. The predicted molar refractivity (Wildman–Crippen MR) is 92.8 cm³/mol. The van der Waals surface area contributed by atoms with Crippen molar-refractivity contribution in [2.45, 2.75) is 71.9 Å². The lowest BCUT2D eigenvalue weighted by Gasteiger charge is -2.39. The summed E-state index contributed by atoms with van der Waals surface area (Å²) in [5, 5.41) is 4.61. The molecule has 21 heavy (non-hydrogen) atoms. The lowest BCUT2D eigenvalue weighted by atomic mass is 9.69. The maximum Gasteiger partial charge on any atom is 0.0406 e. The number of benzene rings is 1. The Balaban J connectivity index is 1.84. The fourth-order valence-corrected chi connectivity index (χ4v) is 3.66. The highest BCUT2D eigenvalue weighted by Gasteiger charge is 2.32. The van der Waals surface area contributed by atoms with Gasteiger partial charge in [-0.05, 0) is 61.6 Å². The topological polar surface area (TPSA) is 12.0 Å². The second kappa shape index (κ2) is 7.15. The Hall–Kier alpha value is -0.530. The highest BCUT2D eigenvalue weighted by Crippen LogP contribution is 2.40. The molecule has 1 saturated carbocycles. The summed E-state index contributed by atoms with van der Waals surface area (Å²) in [6.07, 6.45) is 6.65. The van der Waals surface area contributed by atoms with Crippen LogP contribution in [0.3, 0.4) is 0 Å². The van der Waals surface area contributed by atoms with Crippen molar-refractivity contribution in [3.8, 4) is 0 Å². The minimum absolute atomic E-state index is 0.406. The predicted octanol–water partition coefficient (Wildman–Crippen LogP) is 5.99. The van der Waals surface area contributed by atoms with E-state index in [0.717, 1.165) is 10.9 Å². The average molecular weight is 308 g/mol. The van der Waals surface area contributed by atoms with Gasteiger partial charge in [-0.2, -0.15) is 0 Å². The van der Waals surface area contributed by atoms with Gasteiger partial charge in [-0.25, -0.2) is 0 Å². The van der Waals surface area contributed by atoms with Crippen molar-refractivity contribution >= 4 is 11.6 Å². The number of halogens is 1. The summed E-state index contributed by atoms with van der Waals surface area (Å²) in [6.45, 7) is 9.45. The highest BCUT2D eigenvalue weighted by atomic mass is 35.5. The van der Waals surface area contributed by atoms with Crippen LogP contribution in [0.15, 0.2) is 24.3 Å². The van der Waals surface area contributed by atoms with E-state index in [1.807, 2.05) is 12.1 Å². The summed E-state index contributed by atoms with van der Waals surface area (Å²) in [7, 11) is 0. The van der Waals surface area contributed by atoms with Crippen LogP contribution in [0.25, 0.3) is 0 Å². The van der Waals surface area contributed by atoms with E-state index in [1.165, 1.54) is 37.7 Å². The first-order chi connectivity index (χ1) is 9.92. The molecule has 0 spiro atoms. The van der Waals surface area contributed by atoms with Crippen molar-refractivity contribution in [3.63, 3.8) is 0 Å². The lowest BCUT2D eigenvalue weighted by Crippen LogP contribution is -2.38. The Bertz CT molecular complexity index is 429. The Labute approximate surface area is 135 Å². The minimum Gasteiger partial charge on any atom is -0.307 e. The lowest BCUT2D eigenvalue weighted by molar-refractivity contribution is 0.134. The monoisotopic (exact) mass is 307 g/mol. The molecule has 0 aliphatic heterocycles. The summed E-state index contributed by atoms with van der Waals surface area (Å²) >= 11 is 5.96. The smallest absolute Gasteiger partial charge is 0.0406 e. The fourth-order valence-electron chi connectivity index (χ4n) is 3.53. The first-order valence-electron chi connectivity index (χ1n) is 8.44. The first-order valence-corrected chi connectivity index (χ1v) is 8.81. The number of hydrogen-bond donors (Lipinski definition) is 1. The van der Waals surface area contributed by atoms with Gasteiger partial charge in [0, 0.05) is 17.1 Å². The number of nitrogens with one attached hydrogen (secondary N) is 1. The van der Waals surface area contributed by atoms with Gasteiger partial charge in [0.1, 0.15) is 0 Å². The molecule has 1 N–H and O–H groups in total. The van der Waals surface area contributed by atoms with Crippen molar-refractivity contribution in [2.75, 3.05) is 0 Å². The largest absolute Gasteiger partial charge is 0.307 e. The molecule has 0 amide bonds. The van der Waals surface area contributed by atoms with E-state index in [-0.39, 0.29) is 0 Å². The van der Waals surface area contributed by atoms with Crippen LogP contribution >= 0.6 is 11.6 Å².